The second kappa shape index (κ2) is 5.99. The van der Waals surface area contributed by atoms with E-state index in [2.05, 4.69) is 4.74 Å². The van der Waals surface area contributed by atoms with Crippen molar-refractivity contribution in [3.63, 3.8) is 0 Å². The Morgan fingerprint density at radius 3 is 2.31 bits per heavy atom. The second-order valence-electron chi connectivity index (χ2n) is 4.10. The van der Waals surface area contributed by atoms with Crippen molar-refractivity contribution >= 4 is 11.8 Å². The highest BCUT2D eigenvalue weighted by atomic mass is 16.5. The van der Waals surface area contributed by atoms with Crippen molar-refractivity contribution in [3.05, 3.63) is 0 Å². The number of hydrogen-bond donors (Lipinski definition) is 0. The predicted octanol–water partition coefficient (Wildman–Crippen LogP) is 1.57. The normalized spacial score (nSPS) is 18.9. The second-order valence-corrected chi connectivity index (χ2v) is 4.10. The average molecular weight is 228 g/mol. The van der Waals surface area contributed by atoms with Gasteiger partial charge in [0, 0.05) is 6.61 Å². The summed E-state index contributed by atoms with van der Waals surface area (Å²) >= 11 is 0. The molecule has 0 aliphatic heterocycles. The summed E-state index contributed by atoms with van der Waals surface area (Å²) in [5, 5.41) is 0. The van der Waals surface area contributed by atoms with E-state index in [4.69, 9.17) is 4.74 Å². The lowest BCUT2D eigenvalue weighted by atomic mass is 9.94. The van der Waals surface area contributed by atoms with Crippen molar-refractivity contribution in [3.8, 4) is 0 Å². The van der Waals surface area contributed by atoms with Gasteiger partial charge in [0.05, 0.1) is 7.11 Å². The standard InChI is InChI=1S/C12H20O4/c1-4-9(12(14)15-3)10(13)11(16-5-2)8-6-7-8/h8-9,11H,4-7H2,1-3H3. The zero-order valence-corrected chi connectivity index (χ0v) is 10.2. The molecule has 16 heavy (non-hydrogen) atoms. The molecule has 0 aromatic carbocycles. The minimum Gasteiger partial charge on any atom is -0.468 e. The lowest BCUT2D eigenvalue weighted by Gasteiger charge is -2.19. The van der Waals surface area contributed by atoms with Gasteiger partial charge in [0.1, 0.15) is 12.0 Å². The van der Waals surface area contributed by atoms with Crippen LogP contribution in [0.2, 0.25) is 0 Å². The SMILES string of the molecule is CCOC(C(=O)C(CC)C(=O)OC)C1CC1. The van der Waals surface area contributed by atoms with E-state index in [1.54, 1.807) is 0 Å². The number of Topliss-reactive ketones (excluding diaryl/α,β-unsaturated/α-hetero) is 1. The van der Waals surface area contributed by atoms with Crippen molar-refractivity contribution in [1.82, 2.24) is 0 Å². The van der Waals surface area contributed by atoms with E-state index in [-0.39, 0.29) is 5.78 Å². The average Bonchev–Trinajstić information content (AvgIpc) is 3.10. The summed E-state index contributed by atoms with van der Waals surface area (Å²) in [6.07, 6.45) is 2.11. The van der Waals surface area contributed by atoms with E-state index in [1.807, 2.05) is 13.8 Å². The maximum atomic E-state index is 12.1. The fourth-order valence-corrected chi connectivity index (χ4v) is 1.85. The number of carbonyl (C=O) groups is 2. The molecule has 0 aromatic heterocycles. The topological polar surface area (TPSA) is 52.6 Å². The Labute approximate surface area is 96.3 Å². The number of ether oxygens (including phenoxy) is 2. The minimum atomic E-state index is -0.665. The Morgan fingerprint density at radius 1 is 1.31 bits per heavy atom. The van der Waals surface area contributed by atoms with Gasteiger partial charge in [-0.15, -0.1) is 0 Å². The van der Waals surface area contributed by atoms with Gasteiger partial charge in [-0.1, -0.05) is 6.92 Å². The van der Waals surface area contributed by atoms with Gasteiger partial charge in [0.25, 0.3) is 0 Å². The molecule has 1 rings (SSSR count). The highest BCUT2D eigenvalue weighted by Gasteiger charge is 2.41. The molecular weight excluding hydrogens is 208 g/mol. The predicted molar refractivity (Wildman–Crippen MR) is 58.9 cm³/mol. The third-order valence-corrected chi connectivity index (χ3v) is 2.91. The Hall–Kier alpha value is -0.900. The first kappa shape index (κ1) is 13.2. The molecule has 2 atom stereocenters. The van der Waals surface area contributed by atoms with Crippen LogP contribution in [0.4, 0.5) is 0 Å². The third-order valence-electron chi connectivity index (χ3n) is 2.91. The van der Waals surface area contributed by atoms with Gasteiger partial charge in [-0.25, -0.2) is 0 Å². The van der Waals surface area contributed by atoms with Crippen molar-refractivity contribution in [2.75, 3.05) is 13.7 Å². The number of methoxy groups -OCH3 is 1. The van der Waals surface area contributed by atoms with Crippen LogP contribution in [0, 0.1) is 11.8 Å². The molecule has 0 N–H and O–H groups in total. The zero-order chi connectivity index (χ0) is 12.1. The molecule has 2 unspecified atom stereocenters. The monoisotopic (exact) mass is 228 g/mol. The Kier molecular flexibility index (Phi) is 4.93. The highest BCUT2D eigenvalue weighted by Crippen LogP contribution is 2.36. The molecule has 0 radical (unpaired) electrons. The molecule has 1 aliphatic rings. The van der Waals surface area contributed by atoms with E-state index in [0.717, 1.165) is 12.8 Å². The third kappa shape index (κ3) is 3.04. The molecule has 1 aliphatic carbocycles. The molecule has 0 amide bonds. The first-order valence-corrected chi connectivity index (χ1v) is 5.88. The quantitative estimate of drug-likeness (QED) is 0.490. The summed E-state index contributed by atoms with van der Waals surface area (Å²) in [5.41, 5.74) is 0. The minimum absolute atomic E-state index is 0.112. The van der Waals surface area contributed by atoms with Gasteiger partial charge >= 0.3 is 5.97 Å². The first-order valence-electron chi connectivity index (χ1n) is 5.88. The van der Waals surface area contributed by atoms with E-state index < -0.39 is 18.0 Å². The van der Waals surface area contributed by atoms with E-state index >= 15 is 0 Å². The molecule has 0 heterocycles. The van der Waals surface area contributed by atoms with Gasteiger partial charge in [0.2, 0.25) is 0 Å². The van der Waals surface area contributed by atoms with Gasteiger partial charge in [0.15, 0.2) is 5.78 Å². The molecule has 0 spiro atoms. The lowest BCUT2D eigenvalue weighted by molar-refractivity contribution is -0.153. The van der Waals surface area contributed by atoms with Crippen LogP contribution in [-0.4, -0.2) is 31.6 Å². The summed E-state index contributed by atoms with van der Waals surface area (Å²) in [4.78, 5) is 23.6. The summed E-state index contributed by atoms with van der Waals surface area (Å²) in [7, 11) is 1.31. The van der Waals surface area contributed by atoms with Crippen molar-refractivity contribution < 1.29 is 19.1 Å². The van der Waals surface area contributed by atoms with Crippen molar-refractivity contribution in [2.24, 2.45) is 11.8 Å². The van der Waals surface area contributed by atoms with Crippen LogP contribution in [-0.2, 0) is 19.1 Å². The largest absolute Gasteiger partial charge is 0.468 e. The maximum Gasteiger partial charge on any atom is 0.316 e. The van der Waals surface area contributed by atoms with Crippen LogP contribution in [0.3, 0.4) is 0 Å². The number of carbonyl (C=O) groups excluding carboxylic acids is 2. The molecule has 92 valence electrons. The first-order chi connectivity index (χ1) is 7.65. The molecule has 0 aromatic rings. The van der Waals surface area contributed by atoms with E-state index in [9.17, 15) is 9.59 Å². The fourth-order valence-electron chi connectivity index (χ4n) is 1.85. The van der Waals surface area contributed by atoms with Gasteiger partial charge in [-0.05, 0) is 32.1 Å². The smallest absolute Gasteiger partial charge is 0.316 e. The van der Waals surface area contributed by atoms with Crippen molar-refractivity contribution in [2.45, 2.75) is 39.2 Å². The Bertz CT molecular complexity index is 258. The maximum absolute atomic E-state index is 12.1. The van der Waals surface area contributed by atoms with Crippen LogP contribution in [0.15, 0.2) is 0 Å². The van der Waals surface area contributed by atoms with Crippen LogP contribution in [0.5, 0.6) is 0 Å². The summed E-state index contributed by atoms with van der Waals surface area (Å²) in [5.74, 6) is -0.912. The highest BCUT2D eigenvalue weighted by molar-refractivity contribution is 6.01. The molecule has 4 heteroatoms. The number of esters is 1. The molecule has 1 fully saturated rings. The van der Waals surface area contributed by atoms with Crippen molar-refractivity contribution in [1.29, 1.82) is 0 Å². The van der Waals surface area contributed by atoms with Crippen LogP contribution >= 0.6 is 0 Å². The summed E-state index contributed by atoms with van der Waals surface area (Å²) < 4.78 is 10.1. The van der Waals surface area contributed by atoms with Gasteiger partial charge in [-0.3, -0.25) is 9.59 Å². The van der Waals surface area contributed by atoms with Crippen LogP contribution < -0.4 is 0 Å². The molecular formula is C12H20O4. The fraction of sp³-hybridized carbons (Fsp3) is 0.833. The summed E-state index contributed by atoms with van der Waals surface area (Å²) in [6.45, 7) is 4.18. The molecule has 0 saturated heterocycles. The zero-order valence-electron chi connectivity index (χ0n) is 10.2. The Balaban J connectivity index is 2.66. The lowest BCUT2D eigenvalue weighted by Crippen LogP contribution is -2.36. The van der Waals surface area contributed by atoms with Crippen LogP contribution in [0.1, 0.15) is 33.1 Å². The van der Waals surface area contributed by atoms with Gasteiger partial charge < -0.3 is 9.47 Å². The summed E-state index contributed by atoms with van der Waals surface area (Å²) in [6, 6.07) is 0. The molecule has 4 nitrogen and oxygen atoms in total. The number of ketones is 1. The Morgan fingerprint density at radius 2 is 1.94 bits per heavy atom. The van der Waals surface area contributed by atoms with Gasteiger partial charge in [-0.2, -0.15) is 0 Å². The van der Waals surface area contributed by atoms with Crippen LogP contribution in [0.25, 0.3) is 0 Å². The molecule has 0 bridgehead atoms. The number of rotatable bonds is 7. The van der Waals surface area contributed by atoms with E-state index in [0.29, 0.717) is 18.9 Å². The molecule has 1 saturated carbocycles. The van der Waals surface area contributed by atoms with E-state index in [1.165, 1.54) is 7.11 Å². The number of hydrogen-bond acceptors (Lipinski definition) is 4.